The van der Waals surface area contributed by atoms with E-state index in [0.717, 1.165) is 77.0 Å². The van der Waals surface area contributed by atoms with Gasteiger partial charge in [-0.1, -0.05) is 293 Å². The van der Waals surface area contributed by atoms with Gasteiger partial charge in [-0.05, 0) is 109 Å². The van der Waals surface area contributed by atoms with Crippen molar-refractivity contribution in [2.24, 2.45) is 0 Å². The molecule has 0 radical (unpaired) electrons. The van der Waals surface area contributed by atoms with Crippen molar-refractivity contribution >= 4 is 17.9 Å². The van der Waals surface area contributed by atoms with Crippen molar-refractivity contribution in [3.63, 3.8) is 0 Å². The zero-order valence-corrected chi connectivity index (χ0v) is 52.2. The molecule has 0 aliphatic rings. The second-order valence-corrected chi connectivity index (χ2v) is 23.1. The average Bonchev–Trinajstić information content (AvgIpc) is 3.44. The van der Waals surface area contributed by atoms with E-state index in [9.17, 15) is 14.4 Å². The molecule has 78 heavy (non-hydrogen) atoms. The van der Waals surface area contributed by atoms with Gasteiger partial charge in [0.2, 0.25) is 0 Å². The summed E-state index contributed by atoms with van der Waals surface area (Å²) in [6, 6.07) is 0. The first kappa shape index (κ1) is 75.1. The molecule has 6 nitrogen and oxygen atoms in total. The minimum absolute atomic E-state index is 0.0762. The van der Waals surface area contributed by atoms with Crippen LogP contribution in [0.2, 0.25) is 0 Å². The van der Waals surface area contributed by atoms with Gasteiger partial charge in [-0.3, -0.25) is 14.4 Å². The number of carbonyl (C=O) groups is 3. The monoisotopic (exact) mass is 1090 g/mol. The predicted octanol–water partition coefficient (Wildman–Crippen LogP) is 23.5. The molecule has 0 N–H and O–H groups in total. The van der Waals surface area contributed by atoms with E-state index in [1.165, 1.54) is 244 Å². The molecule has 0 aromatic carbocycles. The summed E-state index contributed by atoms with van der Waals surface area (Å²) in [6.45, 7) is 6.64. The zero-order chi connectivity index (χ0) is 56.4. The Kier molecular flexibility index (Phi) is 64.2. The fraction of sp³-hybridized carbons (Fsp3) is 0.819. The first-order valence-electron chi connectivity index (χ1n) is 34.3. The number of esters is 3. The molecular weight excluding hydrogens is 961 g/mol. The van der Waals surface area contributed by atoms with Gasteiger partial charge in [0.15, 0.2) is 6.10 Å². The van der Waals surface area contributed by atoms with Crippen molar-refractivity contribution in [1.82, 2.24) is 0 Å². The largest absolute Gasteiger partial charge is 0.462 e. The van der Waals surface area contributed by atoms with Crippen LogP contribution in [0.1, 0.15) is 361 Å². The molecule has 0 bridgehead atoms. The SMILES string of the molecule is CCCCC/C=C\CCCCCCCC(=O)OCC(COC(=O)CCCCCCCCCCCCCC/C=C\C/C=C\C/C=C\CCCCCCC)OC(=O)CCCCCCCCCCC/C=C\CCCCCCCCCC. The molecule has 0 heterocycles. The van der Waals surface area contributed by atoms with Crippen LogP contribution < -0.4 is 0 Å². The minimum atomic E-state index is -0.780. The molecule has 454 valence electrons. The number of carbonyl (C=O) groups excluding carboxylic acids is 3. The lowest BCUT2D eigenvalue weighted by molar-refractivity contribution is -0.167. The Hall–Kier alpha value is -2.89. The lowest BCUT2D eigenvalue weighted by Crippen LogP contribution is -2.30. The molecule has 0 amide bonds. The van der Waals surface area contributed by atoms with Gasteiger partial charge < -0.3 is 14.2 Å². The van der Waals surface area contributed by atoms with E-state index in [4.69, 9.17) is 14.2 Å². The number of hydrogen-bond acceptors (Lipinski definition) is 6. The van der Waals surface area contributed by atoms with Gasteiger partial charge in [-0.25, -0.2) is 0 Å². The highest BCUT2D eigenvalue weighted by atomic mass is 16.6. The first-order valence-corrected chi connectivity index (χ1v) is 34.3. The summed E-state index contributed by atoms with van der Waals surface area (Å²) in [5.74, 6) is -0.870. The molecule has 0 saturated carbocycles. The Bertz CT molecular complexity index is 1390. The van der Waals surface area contributed by atoms with Gasteiger partial charge in [-0.15, -0.1) is 0 Å². The van der Waals surface area contributed by atoms with Crippen LogP contribution in [0.4, 0.5) is 0 Å². The van der Waals surface area contributed by atoms with Crippen LogP contribution in [0.5, 0.6) is 0 Å². The fourth-order valence-corrected chi connectivity index (χ4v) is 10.0. The molecule has 0 aromatic rings. The lowest BCUT2D eigenvalue weighted by atomic mass is 10.0. The quantitative estimate of drug-likeness (QED) is 0.0261. The van der Waals surface area contributed by atoms with Crippen LogP contribution in [0, 0.1) is 0 Å². The second-order valence-electron chi connectivity index (χ2n) is 23.1. The van der Waals surface area contributed by atoms with Gasteiger partial charge >= 0.3 is 17.9 Å². The molecule has 0 rings (SSSR count). The van der Waals surface area contributed by atoms with E-state index in [0.29, 0.717) is 19.3 Å². The normalized spacial score (nSPS) is 12.4. The average molecular weight is 1090 g/mol. The van der Waals surface area contributed by atoms with Crippen LogP contribution in [0.25, 0.3) is 0 Å². The van der Waals surface area contributed by atoms with Crippen molar-refractivity contribution in [3.05, 3.63) is 60.8 Å². The van der Waals surface area contributed by atoms with Crippen LogP contribution in [-0.4, -0.2) is 37.2 Å². The first-order chi connectivity index (χ1) is 38.5. The summed E-state index contributed by atoms with van der Waals surface area (Å²) in [5, 5.41) is 0. The van der Waals surface area contributed by atoms with E-state index in [1.54, 1.807) is 0 Å². The Morgan fingerprint density at radius 1 is 0.256 bits per heavy atom. The standard InChI is InChI=1S/C72H130O6/c1-4-7-10-13-16-19-22-25-27-29-31-33-34-35-36-37-38-40-41-43-45-47-50-53-56-59-62-65-71(74)77-68-69(67-76-70(73)64-61-58-55-52-49-24-21-18-15-12-9-6-3)78-72(75)66-63-60-57-54-51-48-46-44-42-39-32-30-28-26-23-20-17-14-11-8-5-2/h18,21-22,25,29-32,34-35,69H,4-17,19-20,23-24,26-28,33,36-68H2,1-3H3/b21-18-,25-22-,31-29-,32-30-,35-34-. The molecule has 0 aliphatic carbocycles. The third kappa shape index (κ3) is 63.9. The maximum Gasteiger partial charge on any atom is 0.306 e. The number of unbranched alkanes of at least 4 members (excludes halogenated alkanes) is 42. The molecule has 0 fully saturated rings. The molecule has 0 saturated heterocycles. The van der Waals surface area contributed by atoms with Crippen molar-refractivity contribution in [3.8, 4) is 0 Å². The van der Waals surface area contributed by atoms with Crippen molar-refractivity contribution < 1.29 is 28.6 Å². The molecule has 1 unspecified atom stereocenters. The molecule has 6 heteroatoms. The lowest BCUT2D eigenvalue weighted by Gasteiger charge is -2.18. The predicted molar refractivity (Wildman–Crippen MR) is 339 cm³/mol. The van der Waals surface area contributed by atoms with Gasteiger partial charge in [-0.2, -0.15) is 0 Å². The third-order valence-corrected chi connectivity index (χ3v) is 15.2. The van der Waals surface area contributed by atoms with Crippen LogP contribution in [-0.2, 0) is 28.6 Å². The van der Waals surface area contributed by atoms with Gasteiger partial charge in [0.1, 0.15) is 13.2 Å². The Balaban J connectivity index is 4.25. The highest BCUT2D eigenvalue weighted by Crippen LogP contribution is 2.17. The van der Waals surface area contributed by atoms with E-state index in [-0.39, 0.29) is 31.1 Å². The van der Waals surface area contributed by atoms with E-state index < -0.39 is 6.10 Å². The summed E-state index contributed by atoms with van der Waals surface area (Å²) in [6.07, 6.45) is 85.3. The summed E-state index contributed by atoms with van der Waals surface area (Å²) in [4.78, 5) is 38.3. The number of allylic oxidation sites excluding steroid dienone is 10. The van der Waals surface area contributed by atoms with E-state index >= 15 is 0 Å². The summed E-state index contributed by atoms with van der Waals surface area (Å²) in [5.41, 5.74) is 0. The van der Waals surface area contributed by atoms with Crippen LogP contribution >= 0.6 is 0 Å². The maximum absolute atomic E-state index is 12.9. The Labute approximate surface area is 485 Å². The number of ether oxygens (including phenoxy) is 3. The molecule has 1 atom stereocenters. The fourth-order valence-electron chi connectivity index (χ4n) is 10.0. The summed E-state index contributed by atoms with van der Waals surface area (Å²) in [7, 11) is 0. The summed E-state index contributed by atoms with van der Waals surface area (Å²) >= 11 is 0. The van der Waals surface area contributed by atoms with Crippen LogP contribution in [0.15, 0.2) is 60.8 Å². The highest BCUT2D eigenvalue weighted by Gasteiger charge is 2.19. The molecular formula is C72H130O6. The second kappa shape index (κ2) is 66.6. The molecule has 0 aliphatic heterocycles. The van der Waals surface area contributed by atoms with Crippen molar-refractivity contribution in [2.45, 2.75) is 367 Å². The van der Waals surface area contributed by atoms with E-state index in [2.05, 4.69) is 81.5 Å². The molecule has 0 aromatic heterocycles. The topological polar surface area (TPSA) is 78.9 Å². The van der Waals surface area contributed by atoms with Crippen molar-refractivity contribution in [1.29, 1.82) is 0 Å². The third-order valence-electron chi connectivity index (χ3n) is 15.2. The molecule has 0 spiro atoms. The maximum atomic E-state index is 12.9. The van der Waals surface area contributed by atoms with Crippen LogP contribution in [0.3, 0.4) is 0 Å². The summed E-state index contributed by atoms with van der Waals surface area (Å²) < 4.78 is 16.9. The Morgan fingerprint density at radius 3 is 0.756 bits per heavy atom. The minimum Gasteiger partial charge on any atom is -0.462 e. The number of rotatable bonds is 63. The van der Waals surface area contributed by atoms with E-state index in [1.807, 2.05) is 0 Å². The number of hydrogen-bond donors (Lipinski definition) is 0. The highest BCUT2D eigenvalue weighted by molar-refractivity contribution is 5.71. The van der Waals surface area contributed by atoms with Crippen molar-refractivity contribution in [2.75, 3.05) is 13.2 Å². The zero-order valence-electron chi connectivity index (χ0n) is 52.2. The van der Waals surface area contributed by atoms with Gasteiger partial charge in [0.05, 0.1) is 0 Å². The van der Waals surface area contributed by atoms with Gasteiger partial charge in [0.25, 0.3) is 0 Å². The Morgan fingerprint density at radius 2 is 0.462 bits per heavy atom. The van der Waals surface area contributed by atoms with Gasteiger partial charge in [0, 0.05) is 19.3 Å². The smallest absolute Gasteiger partial charge is 0.306 e.